The normalized spacial score (nSPS) is 24.3. The standard InChI is InChI=1S/C14H19ClO4/c1-8-4-9(7-19-8)14(16)10-5-12(17-2)13(18-3)6-11(10)15/h5-6,8-9,14,16H,4,7H2,1-3H3. The van der Waals surface area contributed by atoms with Crippen LogP contribution in [0.3, 0.4) is 0 Å². The first kappa shape index (κ1) is 14.4. The number of benzene rings is 1. The third-order valence-corrected chi connectivity index (χ3v) is 3.82. The fraction of sp³-hybridized carbons (Fsp3) is 0.571. The summed E-state index contributed by atoms with van der Waals surface area (Å²) >= 11 is 6.21. The summed E-state index contributed by atoms with van der Waals surface area (Å²) in [6.45, 7) is 2.55. The van der Waals surface area contributed by atoms with E-state index in [4.69, 9.17) is 25.8 Å². The van der Waals surface area contributed by atoms with Crippen molar-refractivity contribution in [1.82, 2.24) is 0 Å². The number of hydrogen-bond acceptors (Lipinski definition) is 4. The Balaban J connectivity index is 2.28. The summed E-state index contributed by atoms with van der Waals surface area (Å²) in [6, 6.07) is 3.40. The van der Waals surface area contributed by atoms with Gasteiger partial charge in [0.1, 0.15) is 0 Å². The first-order valence-corrected chi connectivity index (χ1v) is 6.65. The van der Waals surface area contributed by atoms with Gasteiger partial charge in [0.25, 0.3) is 0 Å². The number of aliphatic hydroxyl groups excluding tert-OH is 1. The lowest BCUT2D eigenvalue weighted by atomic mass is 9.93. The summed E-state index contributed by atoms with van der Waals surface area (Å²) in [6.07, 6.45) is 0.349. The van der Waals surface area contributed by atoms with Crippen LogP contribution in [0.1, 0.15) is 25.0 Å². The van der Waals surface area contributed by atoms with Gasteiger partial charge in [0.05, 0.1) is 38.1 Å². The molecule has 1 heterocycles. The van der Waals surface area contributed by atoms with Crippen LogP contribution >= 0.6 is 11.6 Å². The van der Waals surface area contributed by atoms with Gasteiger partial charge in [-0.2, -0.15) is 0 Å². The number of hydrogen-bond donors (Lipinski definition) is 1. The lowest BCUT2D eigenvalue weighted by Gasteiger charge is -2.20. The molecule has 0 aromatic heterocycles. The van der Waals surface area contributed by atoms with Gasteiger partial charge in [0, 0.05) is 17.5 Å². The van der Waals surface area contributed by atoms with Crippen LogP contribution in [0.25, 0.3) is 0 Å². The van der Waals surface area contributed by atoms with Gasteiger partial charge < -0.3 is 19.3 Å². The molecular weight excluding hydrogens is 268 g/mol. The van der Waals surface area contributed by atoms with Gasteiger partial charge in [-0.15, -0.1) is 0 Å². The maximum absolute atomic E-state index is 10.4. The van der Waals surface area contributed by atoms with Crippen LogP contribution in [0, 0.1) is 5.92 Å². The molecule has 0 amide bonds. The molecule has 0 saturated carbocycles. The molecule has 1 saturated heterocycles. The first-order chi connectivity index (χ1) is 9.06. The van der Waals surface area contributed by atoms with Gasteiger partial charge in [-0.25, -0.2) is 0 Å². The topological polar surface area (TPSA) is 47.9 Å². The van der Waals surface area contributed by atoms with Crippen LogP contribution < -0.4 is 9.47 Å². The lowest BCUT2D eigenvalue weighted by Crippen LogP contribution is -2.13. The second-order valence-corrected chi connectivity index (χ2v) is 5.22. The van der Waals surface area contributed by atoms with Crippen molar-refractivity contribution >= 4 is 11.6 Å². The highest BCUT2D eigenvalue weighted by molar-refractivity contribution is 6.31. The molecule has 1 aromatic rings. The fourth-order valence-electron chi connectivity index (χ4n) is 2.42. The Morgan fingerprint density at radius 2 is 1.95 bits per heavy atom. The van der Waals surface area contributed by atoms with Crippen molar-refractivity contribution in [1.29, 1.82) is 0 Å². The average Bonchev–Trinajstić information content (AvgIpc) is 2.84. The second-order valence-electron chi connectivity index (χ2n) is 4.81. The van der Waals surface area contributed by atoms with E-state index in [9.17, 15) is 5.11 Å². The zero-order valence-corrected chi connectivity index (χ0v) is 12.1. The molecule has 0 aliphatic carbocycles. The van der Waals surface area contributed by atoms with Crippen LogP contribution in [0.2, 0.25) is 5.02 Å². The summed E-state index contributed by atoms with van der Waals surface area (Å²) in [5, 5.41) is 10.9. The van der Waals surface area contributed by atoms with Crippen molar-refractivity contribution in [3.63, 3.8) is 0 Å². The van der Waals surface area contributed by atoms with Gasteiger partial charge in [-0.3, -0.25) is 0 Å². The van der Waals surface area contributed by atoms with Gasteiger partial charge in [0.2, 0.25) is 0 Å². The van der Waals surface area contributed by atoms with E-state index in [1.807, 2.05) is 6.92 Å². The average molecular weight is 287 g/mol. The molecule has 0 spiro atoms. The molecule has 5 heteroatoms. The summed E-state index contributed by atoms with van der Waals surface area (Å²) in [5.41, 5.74) is 0.655. The number of ether oxygens (including phenoxy) is 3. The van der Waals surface area contributed by atoms with E-state index in [1.165, 1.54) is 0 Å². The zero-order valence-electron chi connectivity index (χ0n) is 11.4. The van der Waals surface area contributed by atoms with E-state index < -0.39 is 6.10 Å². The number of rotatable bonds is 4. The maximum Gasteiger partial charge on any atom is 0.162 e. The van der Waals surface area contributed by atoms with Crippen LogP contribution in [-0.2, 0) is 4.74 Å². The number of methoxy groups -OCH3 is 2. The molecule has 4 nitrogen and oxygen atoms in total. The summed E-state index contributed by atoms with van der Waals surface area (Å²) in [7, 11) is 3.11. The van der Waals surface area contributed by atoms with E-state index in [0.29, 0.717) is 28.7 Å². The highest BCUT2D eigenvalue weighted by atomic mass is 35.5. The van der Waals surface area contributed by atoms with Gasteiger partial charge in [-0.1, -0.05) is 11.6 Å². The molecule has 2 rings (SSSR count). The molecule has 0 radical (unpaired) electrons. The Labute approximate surface area is 118 Å². The highest BCUT2D eigenvalue weighted by Gasteiger charge is 2.31. The lowest BCUT2D eigenvalue weighted by molar-refractivity contribution is 0.0803. The maximum atomic E-state index is 10.4. The molecule has 1 aliphatic rings. The Morgan fingerprint density at radius 1 is 1.32 bits per heavy atom. The van der Waals surface area contributed by atoms with Crippen molar-refractivity contribution < 1.29 is 19.3 Å². The molecule has 1 fully saturated rings. The minimum absolute atomic E-state index is 0.0607. The van der Waals surface area contributed by atoms with Crippen molar-refractivity contribution in [3.8, 4) is 11.5 Å². The fourth-order valence-corrected chi connectivity index (χ4v) is 2.69. The molecule has 3 atom stereocenters. The molecule has 0 bridgehead atoms. The van der Waals surface area contributed by atoms with E-state index in [1.54, 1.807) is 26.4 Å². The Hall–Kier alpha value is -0.970. The molecule has 1 aromatic carbocycles. The third-order valence-electron chi connectivity index (χ3n) is 3.50. The summed E-state index contributed by atoms with van der Waals surface area (Å²) in [4.78, 5) is 0. The molecular formula is C14H19ClO4. The predicted molar refractivity (Wildman–Crippen MR) is 73.0 cm³/mol. The van der Waals surface area contributed by atoms with Gasteiger partial charge >= 0.3 is 0 Å². The quantitative estimate of drug-likeness (QED) is 0.925. The number of aliphatic hydroxyl groups is 1. The van der Waals surface area contributed by atoms with Gasteiger partial charge in [-0.05, 0) is 19.4 Å². The molecule has 1 N–H and O–H groups in total. The summed E-state index contributed by atoms with van der Waals surface area (Å²) in [5.74, 6) is 1.18. The molecule has 1 aliphatic heterocycles. The minimum Gasteiger partial charge on any atom is -0.493 e. The monoisotopic (exact) mass is 286 g/mol. The van der Waals surface area contributed by atoms with E-state index in [0.717, 1.165) is 6.42 Å². The Morgan fingerprint density at radius 3 is 2.47 bits per heavy atom. The van der Waals surface area contributed by atoms with Crippen LogP contribution in [0.15, 0.2) is 12.1 Å². The van der Waals surface area contributed by atoms with Crippen LogP contribution in [-0.4, -0.2) is 32.0 Å². The van der Waals surface area contributed by atoms with Crippen molar-refractivity contribution in [3.05, 3.63) is 22.7 Å². The molecule has 3 unspecified atom stereocenters. The van der Waals surface area contributed by atoms with Crippen LogP contribution in [0.5, 0.6) is 11.5 Å². The van der Waals surface area contributed by atoms with E-state index in [-0.39, 0.29) is 12.0 Å². The first-order valence-electron chi connectivity index (χ1n) is 6.28. The van der Waals surface area contributed by atoms with E-state index in [2.05, 4.69) is 0 Å². The third kappa shape index (κ3) is 2.96. The smallest absolute Gasteiger partial charge is 0.162 e. The number of halogens is 1. The Kier molecular flexibility index (Phi) is 4.55. The highest BCUT2D eigenvalue weighted by Crippen LogP contribution is 2.40. The summed E-state index contributed by atoms with van der Waals surface area (Å²) < 4.78 is 15.9. The van der Waals surface area contributed by atoms with Crippen LogP contribution in [0.4, 0.5) is 0 Å². The van der Waals surface area contributed by atoms with Gasteiger partial charge in [0.15, 0.2) is 11.5 Å². The largest absolute Gasteiger partial charge is 0.493 e. The SMILES string of the molecule is COc1cc(Cl)c(C(O)C2COC(C)C2)cc1OC. The molecule has 19 heavy (non-hydrogen) atoms. The van der Waals surface area contributed by atoms with Crippen molar-refractivity contribution in [2.75, 3.05) is 20.8 Å². The Bertz CT molecular complexity index is 449. The predicted octanol–water partition coefficient (Wildman–Crippen LogP) is 2.82. The molecule has 106 valence electrons. The van der Waals surface area contributed by atoms with Crippen molar-refractivity contribution in [2.45, 2.75) is 25.6 Å². The second kappa shape index (κ2) is 5.99. The zero-order chi connectivity index (χ0) is 14.0. The van der Waals surface area contributed by atoms with Crippen molar-refractivity contribution in [2.24, 2.45) is 5.92 Å². The van der Waals surface area contributed by atoms with E-state index >= 15 is 0 Å². The minimum atomic E-state index is -0.655.